The molecule has 1 aromatic rings. The molecule has 1 atom stereocenters. The molecule has 0 aliphatic heterocycles. The van der Waals surface area contributed by atoms with Crippen LogP contribution in [0.3, 0.4) is 0 Å². The Hall–Kier alpha value is -0.830. The first-order chi connectivity index (χ1) is 6.19. The zero-order valence-corrected chi connectivity index (χ0v) is 8.89. The predicted octanol–water partition coefficient (Wildman–Crippen LogP) is 2.82. The fourth-order valence-electron chi connectivity index (χ4n) is 1.10. The van der Waals surface area contributed by atoms with Gasteiger partial charge in [-0.1, -0.05) is 6.07 Å². The van der Waals surface area contributed by atoms with E-state index in [1.54, 1.807) is 31.0 Å². The third-order valence-electron chi connectivity index (χ3n) is 2.03. The lowest BCUT2D eigenvalue weighted by Gasteiger charge is -2.10. The second-order valence-electron chi connectivity index (χ2n) is 2.81. The highest BCUT2D eigenvalue weighted by atomic mass is 32.2. The number of methoxy groups -OCH3 is 1. The van der Waals surface area contributed by atoms with Gasteiger partial charge in [-0.3, -0.25) is 0 Å². The summed E-state index contributed by atoms with van der Waals surface area (Å²) in [6.45, 7) is 2.10. The molecule has 0 bridgehead atoms. The molecule has 72 valence electrons. The molecular weight excluding hydrogens is 184 g/mol. The van der Waals surface area contributed by atoms with E-state index in [0.29, 0.717) is 11.0 Å². The average molecular weight is 198 g/mol. The van der Waals surface area contributed by atoms with Crippen LogP contribution in [0, 0.1) is 0 Å². The molecule has 0 radical (unpaired) electrons. The minimum absolute atomic E-state index is 0.209. The lowest BCUT2D eigenvalue weighted by Crippen LogP contribution is -1.89. The Bertz CT molecular complexity index is 286. The Morgan fingerprint density at radius 1 is 1.46 bits per heavy atom. The van der Waals surface area contributed by atoms with Crippen molar-refractivity contribution >= 4 is 11.8 Å². The molecule has 1 rings (SSSR count). The topological polar surface area (TPSA) is 29.5 Å². The maximum atomic E-state index is 9.50. The molecule has 0 saturated heterocycles. The van der Waals surface area contributed by atoms with Gasteiger partial charge in [0.05, 0.1) is 7.11 Å². The van der Waals surface area contributed by atoms with Crippen LogP contribution in [0.5, 0.6) is 11.5 Å². The van der Waals surface area contributed by atoms with Gasteiger partial charge in [-0.15, -0.1) is 0 Å². The van der Waals surface area contributed by atoms with E-state index < -0.39 is 0 Å². The quantitative estimate of drug-likeness (QED) is 0.809. The first-order valence-electron chi connectivity index (χ1n) is 4.08. The van der Waals surface area contributed by atoms with Gasteiger partial charge < -0.3 is 9.84 Å². The highest BCUT2D eigenvalue weighted by Gasteiger charge is 2.07. The number of phenolic OH excluding ortho intramolecular Hbond substituents is 1. The molecular formula is C10H14O2S. The molecule has 0 heterocycles. The van der Waals surface area contributed by atoms with Gasteiger partial charge in [0, 0.05) is 5.25 Å². The molecule has 0 spiro atoms. The van der Waals surface area contributed by atoms with E-state index in [0.717, 1.165) is 5.56 Å². The fraction of sp³-hybridized carbons (Fsp3) is 0.400. The predicted molar refractivity (Wildman–Crippen MR) is 56.6 cm³/mol. The van der Waals surface area contributed by atoms with Crippen molar-refractivity contribution in [3.8, 4) is 11.5 Å². The van der Waals surface area contributed by atoms with Crippen molar-refractivity contribution in [2.24, 2.45) is 0 Å². The summed E-state index contributed by atoms with van der Waals surface area (Å²) >= 11 is 1.75. The number of aromatic hydroxyl groups is 1. The number of rotatable bonds is 3. The van der Waals surface area contributed by atoms with Crippen LogP contribution in [0.4, 0.5) is 0 Å². The smallest absolute Gasteiger partial charge is 0.160 e. The lowest BCUT2D eigenvalue weighted by molar-refractivity contribution is 0.373. The van der Waals surface area contributed by atoms with E-state index in [1.807, 2.05) is 12.3 Å². The summed E-state index contributed by atoms with van der Waals surface area (Å²) in [5.74, 6) is 0.734. The molecule has 0 aliphatic rings. The van der Waals surface area contributed by atoms with E-state index >= 15 is 0 Å². The van der Waals surface area contributed by atoms with Gasteiger partial charge in [-0.05, 0) is 30.9 Å². The zero-order chi connectivity index (χ0) is 9.84. The Balaban J connectivity index is 2.95. The molecule has 1 N–H and O–H groups in total. The van der Waals surface area contributed by atoms with E-state index in [9.17, 15) is 5.11 Å². The van der Waals surface area contributed by atoms with Gasteiger partial charge in [-0.25, -0.2) is 0 Å². The second kappa shape index (κ2) is 4.42. The monoisotopic (exact) mass is 198 g/mol. The third-order valence-corrected chi connectivity index (χ3v) is 3.01. The number of phenols is 1. The Labute approximate surface area is 82.9 Å². The summed E-state index contributed by atoms with van der Waals surface area (Å²) in [5.41, 5.74) is 1.12. The summed E-state index contributed by atoms with van der Waals surface area (Å²) in [4.78, 5) is 0. The molecule has 13 heavy (non-hydrogen) atoms. The normalized spacial score (nSPS) is 12.5. The van der Waals surface area contributed by atoms with Gasteiger partial charge in [0.2, 0.25) is 0 Å². The number of hydrogen-bond acceptors (Lipinski definition) is 3. The Kier molecular flexibility index (Phi) is 3.48. The molecule has 1 unspecified atom stereocenters. The Morgan fingerprint density at radius 3 is 2.62 bits per heavy atom. The van der Waals surface area contributed by atoms with E-state index in [4.69, 9.17) is 4.74 Å². The van der Waals surface area contributed by atoms with E-state index in [-0.39, 0.29) is 5.75 Å². The zero-order valence-electron chi connectivity index (χ0n) is 8.07. The summed E-state index contributed by atoms with van der Waals surface area (Å²) in [5, 5.41) is 9.90. The van der Waals surface area contributed by atoms with Crippen LogP contribution in [0.25, 0.3) is 0 Å². The van der Waals surface area contributed by atoms with Crippen molar-refractivity contribution in [2.75, 3.05) is 13.4 Å². The van der Waals surface area contributed by atoms with Gasteiger partial charge in [0.15, 0.2) is 11.5 Å². The molecule has 0 fully saturated rings. The van der Waals surface area contributed by atoms with Crippen LogP contribution in [0.2, 0.25) is 0 Å². The van der Waals surface area contributed by atoms with Crippen molar-refractivity contribution in [2.45, 2.75) is 12.2 Å². The van der Waals surface area contributed by atoms with Crippen molar-refractivity contribution in [3.63, 3.8) is 0 Å². The summed E-state index contributed by atoms with van der Waals surface area (Å²) < 4.78 is 4.96. The first-order valence-corrected chi connectivity index (χ1v) is 5.37. The fourth-order valence-corrected chi connectivity index (χ4v) is 1.51. The van der Waals surface area contributed by atoms with Gasteiger partial charge >= 0.3 is 0 Å². The van der Waals surface area contributed by atoms with Gasteiger partial charge in [0.25, 0.3) is 0 Å². The molecule has 0 aliphatic carbocycles. The maximum absolute atomic E-state index is 9.50. The molecule has 3 heteroatoms. The number of hydrogen-bond donors (Lipinski definition) is 1. The van der Waals surface area contributed by atoms with Crippen LogP contribution in [0.15, 0.2) is 18.2 Å². The summed E-state index contributed by atoms with van der Waals surface area (Å²) in [6, 6.07) is 5.51. The molecule has 1 aromatic carbocycles. The highest BCUT2D eigenvalue weighted by molar-refractivity contribution is 7.98. The summed E-state index contributed by atoms with van der Waals surface area (Å²) in [6.07, 6.45) is 2.05. The van der Waals surface area contributed by atoms with Crippen LogP contribution in [0.1, 0.15) is 17.7 Å². The van der Waals surface area contributed by atoms with Gasteiger partial charge in [-0.2, -0.15) is 11.8 Å². The van der Waals surface area contributed by atoms with Crippen molar-refractivity contribution in [1.29, 1.82) is 0 Å². The largest absolute Gasteiger partial charge is 0.504 e. The van der Waals surface area contributed by atoms with E-state index in [2.05, 4.69) is 6.92 Å². The first kappa shape index (κ1) is 10.3. The number of benzene rings is 1. The third kappa shape index (κ3) is 2.31. The average Bonchev–Trinajstić information content (AvgIpc) is 2.16. The standard InChI is InChI=1S/C10H14O2S/c1-7(13-3)8-4-5-10(12-2)9(11)6-8/h4-7,11H,1-3H3. The minimum atomic E-state index is 0.209. The van der Waals surface area contributed by atoms with Crippen LogP contribution in [-0.2, 0) is 0 Å². The highest BCUT2D eigenvalue weighted by Crippen LogP contribution is 2.32. The minimum Gasteiger partial charge on any atom is -0.504 e. The number of ether oxygens (including phenoxy) is 1. The van der Waals surface area contributed by atoms with Crippen molar-refractivity contribution in [1.82, 2.24) is 0 Å². The second-order valence-corrected chi connectivity index (χ2v) is 3.99. The summed E-state index contributed by atoms with van der Waals surface area (Å²) in [7, 11) is 1.55. The number of thioether (sulfide) groups is 1. The Morgan fingerprint density at radius 2 is 2.15 bits per heavy atom. The van der Waals surface area contributed by atoms with Gasteiger partial charge in [0.1, 0.15) is 0 Å². The van der Waals surface area contributed by atoms with E-state index in [1.165, 1.54) is 0 Å². The molecule has 2 nitrogen and oxygen atoms in total. The van der Waals surface area contributed by atoms with Crippen molar-refractivity contribution in [3.05, 3.63) is 23.8 Å². The molecule has 0 amide bonds. The van der Waals surface area contributed by atoms with Crippen molar-refractivity contribution < 1.29 is 9.84 Å². The molecule has 0 aromatic heterocycles. The molecule has 0 saturated carbocycles. The van der Waals surface area contributed by atoms with Crippen LogP contribution in [-0.4, -0.2) is 18.5 Å². The maximum Gasteiger partial charge on any atom is 0.160 e. The van der Waals surface area contributed by atoms with Crippen LogP contribution >= 0.6 is 11.8 Å². The SMILES string of the molecule is COc1ccc(C(C)SC)cc1O. The van der Waals surface area contributed by atoms with Crippen LogP contribution < -0.4 is 4.74 Å². The lowest BCUT2D eigenvalue weighted by atomic mass is 10.1.